The summed E-state index contributed by atoms with van der Waals surface area (Å²) < 4.78 is 44.4. The molecule has 1 amide bonds. The molecule has 0 bridgehead atoms. The van der Waals surface area contributed by atoms with E-state index in [2.05, 4.69) is 21.2 Å². The molecule has 154 valence electrons. The highest BCUT2D eigenvalue weighted by atomic mass is 79.9. The Hall–Kier alpha value is -2.66. The Bertz CT molecular complexity index is 946. The van der Waals surface area contributed by atoms with Gasteiger partial charge in [-0.1, -0.05) is 15.9 Å². The van der Waals surface area contributed by atoms with Crippen LogP contribution < -0.4 is 10.2 Å². The lowest BCUT2D eigenvalue weighted by molar-refractivity contribution is -0.384. The SMILES string of the molecule is O=C(Nc1ccc(Br)c(C(F)(F)F)c1)c1cc([N+](=O)[O-])ccc1N1CCOCC1. The fraction of sp³-hybridized carbons (Fsp3) is 0.278. The van der Waals surface area contributed by atoms with Crippen LogP contribution in [0.2, 0.25) is 0 Å². The van der Waals surface area contributed by atoms with Crippen molar-refractivity contribution in [3.05, 3.63) is 62.1 Å². The Balaban J connectivity index is 1.95. The number of rotatable bonds is 4. The van der Waals surface area contributed by atoms with E-state index in [-0.39, 0.29) is 21.4 Å². The first-order valence-corrected chi connectivity index (χ1v) is 9.25. The average Bonchev–Trinajstić information content (AvgIpc) is 2.68. The molecular formula is C18H15BrF3N3O4. The number of nitro benzene ring substituents is 1. The molecule has 0 aliphatic carbocycles. The van der Waals surface area contributed by atoms with Gasteiger partial charge < -0.3 is 15.0 Å². The molecule has 2 aromatic carbocycles. The van der Waals surface area contributed by atoms with Crippen LogP contribution in [0.1, 0.15) is 15.9 Å². The second-order valence-electron chi connectivity index (χ2n) is 6.20. The zero-order valence-electron chi connectivity index (χ0n) is 14.8. The third-order valence-electron chi connectivity index (χ3n) is 4.32. The van der Waals surface area contributed by atoms with Crippen LogP contribution in [0.4, 0.5) is 30.2 Å². The number of nitrogens with zero attached hydrogens (tertiary/aromatic N) is 2. The predicted octanol–water partition coefficient (Wildman–Crippen LogP) is 4.47. The number of hydrogen-bond acceptors (Lipinski definition) is 5. The molecule has 0 saturated carbocycles. The number of halogens is 4. The Labute approximate surface area is 171 Å². The van der Waals surface area contributed by atoms with Gasteiger partial charge in [-0.15, -0.1) is 0 Å². The van der Waals surface area contributed by atoms with E-state index in [4.69, 9.17) is 4.74 Å². The molecule has 0 atom stereocenters. The maximum atomic E-state index is 13.1. The standard InChI is InChI=1S/C18H15BrF3N3O4/c19-15-3-1-11(9-14(15)18(20,21)22)23-17(26)13-10-12(25(27)28)2-4-16(13)24-5-7-29-8-6-24/h1-4,9-10H,5-8H2,(H,23,26). The summed E-state index contributed by atoms with van der Waals surface area (Å²) >= 11 is 2.84. The zero-order valence-corrected chi connectivity index (χ0v) is 16.4. The highest BCUT2D eigenvalue weighted by Gasteiger charge is 2.33. The van der Waals surface area contributed by atoms with Gasteiger partial charge in [-0.2, -0.15) is 13.2 Å². The molecule has 1 heterocycles. The van der Waals surface area contributed by atoms with E-state index >= 15 is 0 Å². The van der Waals surface area contributed by atoms with E-state index in [0.29, 0.717) is 32.0 Å². The number of nitrogens with one attached hydrogen (secondary N) is 1. The predicted molar refractivity (Wildman–Crippen MR) is 103 cm³/mol. The number of ether oxygens (including phenoxy) is 1. The summed E-state index contributed by atoms with van der Waals surface area (Å²) in [5.41, 5.74) is -0.867. The maximum absolute atomic E-state index is 13.1. The van der Waals surface area contributed by atoms with E-state index in [0.717, 1.165) is 12.1 Å². The van der Waals surface area contributed by atoms with Gasteiger partial charge in [0.1, 0.15) is 0 Å². The second kappa shape index (κ2) is 8.37. The minimum Gasteiger partial charge on any atom is -0.378 e. The molecule has 11 heteroatoms. The number of morpholine rings is 1. The van der Waals surface area contributed by atoms with Crippen LogP contribution in [0.15, 0.2) is 40.9 Å². The average molecular weight is 474 g/mol. The molecule has 0 spiro atoms. The van der Waals surface area contributed by atoms with Crippen molar-refractivity contribution in [2.45, 2.75) is 6.18 Å². The molecule has 2 aromatic rings. The topological polar surface area (TPSA) is 84.7 Å². The quantitative estimate of drug-likeness (QED) is 0.523. The van der Waals surface area contributed by atoms with Crippen molar-refractivity contribution in [1.29, 1.82) is 0 Å². The zero-order chi connectivity index (χ0) is 21.2. The number of carbonyl (C=O) groups excluding carboxylic acids is 1. The highest BCUT2D eigenvalue weighted by molar-refractivity contribution is 9.10. The van der Waals surface area contributed by atoms with Crippen LogP contribution in [0, 0.1) is 10.1 Å². The Kier molecular flexibility index (Phi) is 6.08. The van der Waals surface area contributed by atoms with Gasteiger partial charge in [-0.3, -0.25) is 14.9 Å². The molecule has 1 N–H and O–H groups in total. The number of benzene rings is 2. The van der Waals surface area contributed by atoms with Crippen molar-refractivity contribution in [3.63, 3.8) is 0 Å². The summed E-state index contributed by atoms with van der Waals surface area (Å²) in [4.78, 5) is 25.1. The fourth-order valence-corrected chi connectivity index (χ4v) is 3.39. The van der Waals surface area contributed by atoms with Gasteiger partial charge in [-0.25, -0.2) is 0 Å². The number of non-ortho nitro benzene ring substituents is 1. The summed E-state index contributed by atoms with van der Waals surface area (Å²) in [6.07, 6.45) is -4.61. The van der Waals surface area contributed by atoms with E-state index < -0.39 is 22.6 Å². The largest absolute Gasteiger partial charge is 0.417 e. The minimum absolute atomic E-state index is 0.00224. The molecule has 1 fully saturated rings. The molecule has 1 aliphatic heterocycles. The molecule has 7 nitrogen and oxygen atoms in total. The lowest BCUT2D eigenvalue weighted by atomic mass is 10.1. The van der Waals surface area contributed by atoms with Gasteiger partial charge in [-0.05, 0) is 24.3 Å². The number of nitro groups is 1. The number of carbonyl (C=O) groups is 1. The molecule has 1 aliphatic rings. The normalized spacial score (nSPS) is 14.6. The first-order chi connectivity index (χ1) is 13.7. The Morgan fingerprint density at radius 3 is 2.48 bits per heavy atom. The number of amides is 1. The number of anilines is 2. The van der Waals surface area contributed by atoms with E-state index in [1.165, 1.54) is 24.3 Å². The van der Waals surface area contributed by atoms with E-state index in [9.17, 15) is 28.1 Å². The molecule has 3 rings (SSSR count). The summed E-state index contributed by atoms with van der Waals surface area (Å²) in [6, 6.07) is 7.14. The molecule has 1 saturated heterocycles. The van der Waals surface area contributed by atoms with Crippen LogP contribution >= 0.6 is 15.9 Å². The van der Waals surface area contributed by atoms with Crippen molar-refractivity contribution in [2.24, 2.45) is 0 Å². The van der Waals surface area contributed by atoms with Gasteiger partial charge in [0.2, 0.25) is 0 Å². The van der Waals surface area contributed by atoms with Gasteiger partial charge in [0.25, 0.3) is 11.6 Å². The molecule has 29 heavy (non-hydrogen) atoms. The first-order valence-electron chi connectivity index (χ1n) is 8.46. The van der Waals surface area contributed by atoms with Gasteiger partial charge in [0, 0.05) is 35.4 Å². The van der Waals surface area contributed by atoms with Crippen molar-refractivity contribution in [2.75, 3.05) is 36.5 Å². The van der Waals surface area contributed by atoms with Gasteiger partial charge in [0.05, 0.1) is 35.0 Å². The molecule has 0 radical (unpaired) electrons. The van der Waals surface area contributed by atoms with Crippen LogP contribution in [0.25, 0.3) is 0 Å². The summed E-state index contributed by atoms with van der Waals surface area (Å²) in [6.45, 7) is 1.82. The summed E-state index contributed by atoms with van der Waals surface area (Å²) in [5, 5.41) is 13.5. The smallest absolute Gasteiger partial charge is 0.378 e. The van der Waals surface area contributed by atoms with Crippen molar-refractivity contribution in [3.8, 4) is 0 Å². The van der Waals surface area contributed by atoms with E-state index in [1.54, 1.807) is 0 Å². The number of hydrogen-bond donors (Lipinski definition) is 1. The molecular weight excluding hydrogens is 459 g/mol. The monoisotopic (exact) mass is 473 g/mol. The van der Waals surface area contributed by atoms with Crippen LogP contribution in [-0.2, 0) is 10.9 Å². The minimum atomic E-state index is -4.61. The van der Waals surface area contributed by atoms with Crippen molar-refractivity contribution >= 4 is 38.9 Å². The Morgan fingerprint density at radius 2 is 1.86 bits per heavy atom. The van der Waals surface area contributed by atoms with Gasteiger partial charge >= 0.3 is 6.18 Å². The maximum Gasteiger partial charge on any atom is 0.417 e. The van der Waals surface area contributed by atoms with Crippen molar-refractivity contribution in [1.82, 2.24) is 0 Å². The summed E-state index contributed by atoms with van der Waals surface area (Å²) in [7, 11) is 0. The third kappa shape index (κ3) is 4.85. The third-order valence-corrected chi connectivity index (χ3v) is 5.01. The number of alkyl halides is 3. The molecule has 0 aromatic heterocycles. The van der Waals surface area contributed by atoms with Crippen molar-refractivity contribution < 1.29 is 27.6 Å². The second-order valence-corrected chi connectivity index (χ2v) is 7.06. The van der Waals surface area contributed by atoms with E-state index in [1.807, 2.05) is 4.90 Å². The van der Waals surface area contributed by atoms with Crippen LogP contribution in [0.3, 0.4) is 0 Å². The lowest BCUT2D eigenvalue weighted by Crippen LogP contribution is -2.37. The summed E-state index contributed by atoms with van der Waals surface area (Å²) in [5.74, 6) is -0.745. The van der Waals surface area contributed by atoms with Gasteiger partial charge in [0.15, 0.2) is 0 Å². The molecule has 0 unspecified atom stereocenters. The van der Waals surface area contributed by atoms with Crippen LogP contribution in [0.5, 0.6) is 0 Å². The Morgan fingerprint density at radius 1 is 1.17 bits per heavy atom. The fourth-order valence-electron chi connectivity index (χ4n) is 2.92. The van der Waals surface area contributed by atoms with Crippen LogP contribution in [-0.4, -0.2) is 37.1 Å². The first kappa shape index (κ1) is 21.1. The highest BCUT2D eigenvalue weighted by Crippen LogP contribution is 2.36. The lowest BCUT2D eigenvalue weighted by Gasteiger charge is -2.30.